The number of fused-ring (bicyclic) bond motifs is 1. The molecule has 3 aromatic rings. The molecule has 0 fully saturated rings. The third-order valence-corrected chi connectivity index (χ3v) is 3.17. The highest BCUT2D eigenvalue weighted by Gasteiger charge is 2.10. The molecule has 0 spiro atoms. The Morgan fingerprint density at radius 3 is 2.60 bits per heavy atom. The van der Waals surface area contributed by atoms with E-state index in [9.17, 15) is 0 Å². The highest BCUT2D eigenvalue weighted by Crippen LogP contribution is 2.23. The summed E-state index contributed by atoms with van der Waals surface area (Å²) in [6.45, 7) is 2.02. The topological polar surface area (TPSA) is 61.9 Å². The average molecular weight is 263 g/mol. The van der Waals surface area contributed by atoms with Crippen LogP contribution in [0.15, 0.2) is 52.9 Å². The molecule has 1 aromatic heterocycles. The first-order chi connectivity index (χ1) is 9.76. The van der Waals surface area contributed by atoms with Crippen LogP contribution in [0.4, 0.5) is 6.01 Å². The molecular formula is C16H13N3O. The SMILES string of the molecule is CC(Nc1nc2ccccc2o1)c1ccc(C#N)cc1. The molecule has 0 aliphatic rings. The lowest BCUT2D eigenvalue weighted by Gasteiger charge is -2.12. The Kier molecular flexibility index (Phi) is 3.10. The van der Waals surface area contributed by atoms with Crippen LogP contribution in [0.1, 0.15) is 24.1 Å². The Morgan fingerprint density at radius 2 is 1.90 bits per heavy atom. The van der Waals surface area contributed by atoms with E-state index in [4.69, 9.17) is 9.68 Å². The van der Waals surface area contributed by atoms with E-state index in [-0.39, 0.29) is 6.04 Å². The number of hydrogen-bond acceptors (Lipinski definition) is 4. The molecule has 1 atom stereocenters. The van der Waals surface area contributed by atoms with Gasteiger partial charge in [0.1, 0.15) is 5.52 Å². The van der Waals surface area contributed by atoms with Crippen molar-refractivity contribution >= 4 is 17.1 Å². The van der Waals surface area contributed by atoms with E-state index in [1.807, 2.05) is 43.3 Å². The lowest BCUT2D eigenvalue weighted by molar-refractivity contribution is 0.604. The predicted octanol–water partition coefficient (Wildman–Crippen LogP) is 3.87. The zero-order valence-corrected chi connectivity index (χ0v) is 11.0. The number of hydrogen-bond donors (Lipinski definition) is 1. The van der Waals surface area contributed by atoms with Crippen LogP contribution in [0.25, 0.3) is 11.1 Å². The highest BCUT2D eigenvalue weighted by molar-refractivity contribution is 5.74. The van der Waals surface area contributed by atoms with E-state index < -0.39 is 0 Å². The van der Waals surface area contributed by atoms with Gasteiger partial charge in [-0.25, -0.2) is 0 Å². The van der Waals surface area contributed by atoms with Gasteiger partial charge in [-0.2, -0.15) is 10.2 Å². The Morgan fingerprint density at radius 1 is 1.15 bits per heavy atom. The molecule has 0 amide bonds. The van der Waals surface area contributed by atoms with E-state index in [2.05, 4.69) is 16.4 Å². The van der Waals surface area contributed by atoms with Gasteiger partial charge in [-0.3, -0.25) is 0 Å². The Labute approximate surface area is 116 Å². The molecule has 0 saturated carbocycles. The minimum Gasteiger partial charge on any atom is -0.424 e. The third kappa shape index (κ3) is 2.34. The van der Waals surface area contributed by atoms with Gasteiger partial charge in [0.2, 0.25) is 0 Å². The molecule has 2 aromatic carbocycles. The van der Waals surface area contributed by atoms with E-state index >= 15 is 0 Å². The average Bonchev–Trinajstić information content (AvgIpc) is 2.89. The second-order valence-electron chi connectivity index (χ2n) is 4.59. The van der Waals surface area contributed by atoms with Crippen LogP contribution in [-0.2, 0) is 0 Å². The van der Waals surface area contributed by atoms with E-state index in [0.29, 0.717) is 11.6 Å². The summed E-state index contributed by atoms with van der Waals surface area (Å²) in [4.78, 5) is 4.38. The molecule has 1 N–H and O–H groups in total. The van der Waals surface area contributed by atoms with Crippen LogP contribution in [0.3, 0.4) is 0 Å². The van der Waals surface area contributed by atoms with Gasteiger partial charge in [0.05, 0.1) is 17.7 Å². The van der Waals surface area contributed by atoms with E-state index in [1.165, 1.54) is 0 Å². The van der Waals surface area contributed by atoms with Crippen LogP contribution in [0, 0.1) is 11.3 Å². The molecule has 0 bridgehead atoms. The molecule has 4 nitrogen and oxygen atoms in total. The number of rotatable bonds is 3. The van der Waals surface area contributed by atoms with Gasteiger partial charge in [0, 0.05) is 0 Å². The first-order valence-corrected chi connectivity index (χ1v) is 6.38. The summed E-state index contributed by atoms with van der Waals surface area (Å²) in [5, 5.41) is 12.0. The summed E-state index contributed by atoms with van der Waals surface area (Å²) in [7, 11) is 0. The maximum atomic E-state index is 8.79. The van der Waals surface area contributed by atoms with Crippen molar-refractivity contribution in [2.75, 3.05) is 5.32 Å². The fraction of sp³-hybridized carbons (Fsp3) is 0.125. The Balaban J connectivity index is 1.80. The predicted molar refractivity (Wildman–Crippen MR) is 77.2 cm³/mol. The van der Waals surface area contributed by atoms with E-state index in [1.54, 1.807) is 12.1 Å². The molecule has 1 heterocycles. The first-order valence-electron chi connectivity index (χ1n) is 6.38. The Bertz CT molecular complexity index is 735. The van der Waals surface area contributed by atoms with Gasteiger partial charge in [0.15, 0.2) is 5.58 Å². The molecule has 0 saturated heterocycles. The zero-order valence-electron chi connectivity index (χ0n) is 11.0. The molecule has 0 aliphatic heterocycles. The fourth-order valence-corrected chi connectivity index (χ4v) is 2.05. The first kappa shape index (κ1) is 12.2. The lowest BCUT2D eigenvalue weighted by atomic mass is 10.1. The summed E-state index contributed by atoms with van der Waals surface area (Å²) >= 11 is 0. The quantitative estimate of drug-likeness (QED) is 0.779. The summed E-state index contributed by atoms with van der Waals surface area (Å²) in [6.07, 6.45) is 0. The monoisotopic (exact) mass is 263 g/mol. The fourth-order valence-electron chi connectivity index (χ4n) is 2.05. The molecule has 20 heavy (non-hydrogen) atoms. The van der Waals surface area contributed by atoms with Crippen molar-refractivity contribution < 1.29 is 4.42 Å². The van der Waals surface area contributed by atoms with Crippen LogP contribution < -0.4 is 5.32 Å². The molecule has 0 aliphatic carbocycles. The smallest absolute Gasteiger partial charge is 0.296 e. The number of anilines is 1. The van der Waals surface area contributed by atoms with Crippen molar-refractivity contribution in [2.45, 2.75) is 13.0 Å². The van der Waals surface area contributed by atoms with Crippen LogP contribution >= 0.6 is 0 Å². The normalized spacial score (nSPS) is 12.0. The van der Waals surface area contributed by atoms with Crippen molar-refractivity contribution in [3.63, 3.8) is 0 Å². The molecule has 0 radical (unpaired) electrons. The maximum Gasteiger partial charge on any atom is 0.296 e. The minimum absolute atomic E-state index is 0.0517. The van der Waals surface area contributed by atoms with Gasteiger partial charge < -0.3 is 9.73 Å². The van der Waals surface area contributed by atoms with Crippen molar-refractivity contribution in [2.24, 2.45) is 0 Å². The van der Waals surface area contributed by atoms with Crippen molar-refractivity contribution in [3.05, 3.63) is 59.7 Å². The standard InChI is InChI=1S/C16H13N3O/c1-11(13-8-6-12(10-17)7-9-13)18-16-19-14-4-2-3-5-15(14)20-16/h2-9,11H,1H3,(H,18,19). The van der Waals surface area contributed by atoms with Crippen molar-refractivity contribution in [3.8, 4) is 6.07 Å². The number of nitriles is 1. The molecule has 3 rings (SSSR count). The third-order valence-electron chi connectivity index (χ3n) is 3.17. The largest absolute Gasteiger partial charge is 0.424 e. The summed E-state index contributed by atoms with van der Waals surface area (Å²) in [5.41, 5.74) is 3.33. The van der Waals surface area contributed by atoms with Crippen LogP contribution in [0.5, 0.6) is 0 Å². The summed E-state index contributed by atoms with van der Waals surface area (Å²) < 4.78 is 5.63. The number of benzene rings is 2. The second kappa shape index (κ2) is 5.06. The molecule has 4 heteroatoms. The second-order valence-corrected chi connectivity index (χ2v) is 4.59. The number of aromatic nitrogens is 1. The van der Waals surface area contributed by atoms with Gasteiger partial charge >= 0.3 is 0 Å². The molecular weight excluding hydrogens is 250 g/mol. The van der Waals surface area contributed by atoms with Crippen molar-refractivity contribution in [1.29, 1.82) is 5.26 Å². The van der Waals surface area contributed by atoms with Gasteiger partial charge in [0.25, 0.3) is 6.01 Å². The zero-order chi connectivity index (χ0) is 13.9. The van der Waals surface area contributed by atoms with Gasteiger partial charge in [-0.1, -0.05) is 24.3 Å². The van der Waals surface area contributed by atoms with E-state index in [0.717, 1.165) is 16.7 Å². The van der Waals surface area contributed by atoms with Gasteiger partial charge in [-0.15, -0.1) is 0 Å². The molecule has 1 unspecified atom stereocenters. The minimum atomic E-state index is 0.0517. The Hall–Kier alpha value is -2.80. The number of nitrogens with one attached hydrogen (secondary N) is 1. The number of nitrogens with zero attached hydrogens (tertiary/aromatic N) is 2. The lowest BCUT2D eigenvalue weighted by Crippen LogP contribution is -2.06. The highest BCUT2D eigenvalue weighted by atomic mass is 16.4. The number of oxazole rings is 1. The van der Waals surface area contributed by atoms with Crippen molar-refractivity contribution in [1.82, 2.24) is 4.98 Å². The van der Waals surface area contributed by atoms with Gasteiger partial charge in [-0.05, 0) is 36.8 Å². The van der Waals surface area contributed by atoms with Crippen LogP contribution in [-0.4, -0.2) is 4.98 Å². The maximum absolute atomic E-state index is 8.79. The molecule has 98 valence electrons. The summed E-state index contributed by atoms with van der Waals surface area (Å²) in [5.74, 6) is 0. The summed E-state index contributed by atoms with van der Waals surface area (Å²) in [6, 6.07) is 17.8. The number of para-hydroxylation sites is 2. The van der Waals surface area contributed by atoms with Crippen LogP contribution in [0.2, 0.25) is 0 Å².